The fraction of sp³-hybridized carbons (Fsp3) is 0.333. The van der Waals surface area contributed by atoms with Crippen molar-refractivity contribution >= 4 is 17.9 Å². The van der Waals surface area contributed by atoms with Gasteiger partial charge in [-0.3, -0.25) is 5.32 Å². The molecule has 0 heterocycles. The smallest absolute Gasteiger partial charge is 0.339 e. The van der Waals surface area contributed by atoms with Crippen molar-refractivity contribution in [3.05, 3.63) is 29.3 Å². The molecule has 0 amide bonds. The number of methoxy groups -OCH3 is 1. The molecule has 0 aliphatic rings. The summed E-state index contributed by atoms with van der Waals surface area (Å²) in [6.07, 6.45) is 1.17. The lowest BCUT2D eigenvalue weighted by atomic mass is 10.1. The van der Waals surface area contributed by atoms with Gasteiger partial charge in [-0.2, -0.15) is 0 Å². The Morgan fingerprint density at radius 2 is 2.28 bits per heavy atom. The number of nitrogens with one attached hydrogen (secondary N) is 3. The maximum absolute atomic E-state index is 11.6. The van der Waals surface area contributed by atoms with Gasteiger partial charge in [0, 0.05) is 24.9 Å². The summed E-state index contributed by atoms with van der Waals surface area (Å²) < 4.78 is 4.69. The molecule has 0 atom stereocenters. The molecule has 0 aromatic heterocycles. The van der Waals surface area contributed by atoms with Gasteiger partial charge in [0.05, 0.1) is 25.1 Å². The first kappa shape index (κ1) is 14.1. The molecule has 0 bridgehead atoms. The van der Waals surface area contributed by atoms with Crippen LogP contribution in [-0.4, -0.2) is 44.2 Å². The van der Waals surface area contributed by atoms with Crippen LogP contribution in [0.3, 0.4) is 0 Å². The second-order valence-corrected chi connectivity index (χ2v) is 3.49. The van der Waals surface area contributed by atoms with Crippen LogP contribution in [0.4, 0.5) is 5.69 Å². The number of anilines is 1. The lowest BCUT2D eigenvalue weighted by molar-refractivity contribution is 0.0602. The number of esters is 1. The highest BCUT2D eigenvalue weighted by Gasteiger charge is 2.13. The number of carbonyl (C=O) groups is 1. The summed E-state index contributed by atoms with van der Waals surface area (Å²) >= 11 is 0. The molecule has 0 unspecified atom stereocenters. The molecule has 1 aromatic rings. The SMILES string of the molecule is COC(=O)c1cccc(C=N)c1NCCNCO. The van der Waals surface area contributed by atoms with E-state index < -0.39 is 5.97 Å². The normalized spacial score (nSPS) is 9.89. The molecule has 0 spiro atoms. The highest BCUT2D eigenvalue weighted by Crippen LogP contribution is 2.20. The lowest BCUT2D eigenvalue weighted by Crippen LogP contribution is -2.24. The van der Waals surface area contributed by atoms with Crippen molar-refractivity contribution in [2.75, 3.05) is 32.2 Å². The van der Waals surface area contributed by atoms with E-state index in [0.717, 1.165) is 0 Å². The quantitative estimate of drug-likeness (QED) is 0.244. The van der Waals surface area contributed by atoms with Gasteiger partial charge in [-0.05, 0) is 6.07 Å². The fourth-order valence-corrected chi connectivity index (χ4v) is 1.52. The molecule has 4 N–H and O–H groups in total. The van der Waals surface area contributed by atoms with E-state index in [2.05, 4.69) is 10.6 Å². The Kier molecular flexibility index (Phi) is 5.83. The Morgan fingerprint density at radius 1 is 1.50 bits per heavy atom. The van der Waals surface area contributed by atoms with Crippen LogP contribution in [0.5, 0.6) is 0 Å². The zero-order chi connectivity index (χ0) is 13.4. The number of carbonyl (C=O) groups excluding carboxylic acids is 1. The van der Waals surface area contributed by atoms with Gasteiger partial charge in [0.25, 0.3) is 0 Å². The van der Waals surface area contributed by atoms with Crippen LogP contribution < -0.4 is 10.6 Å². The first-order chi connectivity index (χ1) is 8.74. The molecule has 0 aliphatic heterocycles. The Morgan fingerprint density at radius 3 is 2.89 bits per heavy atom. The second kappa shape index (κ2) is 7.41. The van der Waals surface area contributed by atoms with Crippen LogP contribution in [0.25, 0.3) is 0 Å². The molecule has 6 nitrogen and oxygen atoms in total. The third-order valence-electron chi connectivity index (χ3n) is 2.37. The summed E-state index contributed by atoms with van der Waals surface area (Å²) in [7, 11) is 1.32. The summed E-state index contributed by atoms with van der Waals surface area (Å²) in [6.45, 7) is 0.969. The van der Waals surface area contributed by atoms with E-state index in [9.17, 15) is 4.79 Å². The monoisotopic (exact) mass is 251 g/mol. The summed E-state index contributed by atoms with van der Waals surface area (Å²) in [6, 6.07) is 5.08. The third-order valence-corrected chi connectivity index (χ3v) is 2.37. The lowest BCUT2D eigenvalue weighted by Gasteiger charge is -2.13. The number of rotatable bonds is 7. The van der Waals surface area contributed by atoms with Crippen molar-refractivity contribution in [2.24, 2.45) is 0 Å². The number of aliphatic hydroxyl groups excluding tert-OH is 1. The van der Waals surface area contributed by atoms with Crippen molar-refractivity contribution in [1.82, 2.24) is 5.32 Å². The Balaban J connectivity index is 2.90. The predicted molar refractivity (Wildman–Crippen MR) is 69.2 cm³/mol. The van der Waals surface area contributed by atoms with E-state index in [4.69, 9.17) is 15.3 Å². The first-order valence-corrected chi connectivity index (χ1v) is 5.51. The average molecular weight is 251 g/mol. The molecule has 98 valence electrons. The summed E-state index contributed by atoms with van der Waals surface area (Å²) in [5.41, 5.74) is 1.57. The molecule has 0 fully saturated rings. The molecule has 1 rings (SSSR count). The summed E-state index contributed by atoms with van der Waals surface area (Å²) in [5.74, 6) is -0.448. The van der Waals surface area contributed by atoms with E-state index in [1.165, 1.54) is 13.3 Å². The van der Waals surface area contributed by atoms with E-state index in [1.54, 1.807) is 18.2 Å². The van der Waals surface area contributed by atoms with Crippen LogP contribution in [0, 0.1) is 5.41 Å². The predicted octanol–water partition coefficient (Wildman–Crippen LogP) is 0.422. The maximum atomic E-state index is 11.6. The summed E-state index contributed by atoms with van der Waals surface area (Å²) in [5, 5.41) is 21.7. The van der Waals surface area contributed by atoms with Gasteiger partial charge in [-0.1, -0.05) is 12.1 Å². The summed E-state index contributed by atoms with van der Waals surface area (Å²) in [4.78, 5) is 11.6. The molecular formula is C12H17N3O3. The van der Waals surface area contributed by atoms with Gasteiger partial charge in [0.1, 0.15) is 0 Å². The number of benzene rings is 1. The van der Waals surface area contributed by atoms with Crippen LogP contribution in [-0.2, 0) is 4.74 Å². The number of hydrogen-bond donors (Lipinski definition) is 4. The zero-order valence-electron chi connectivity index (χ0n) is 10.2. The number of aliphatic hydroxyl groups is 1. The average Bonchev–Trinajstić information content (AvgIpc) is 2.42. The topological polar surface area (TPSA) is 94.4 Å². The van der Waals surface area contributed by atoms with Gasteiger partial charge >= 0.3 is 5.97 Å². The van der Waals surface area contributed by atoms with Gasteiger partial charge in [0.2, 0.25) is 0 Å². The van der Waals surface area contributed by atoms with Crippen LogP contribution >= 0.6 is 0 Å². The van der Waals surface area contributed by atoms with Crippen molar-refractivity contribution in [3.63, 3.8) is 0 Å². The minimum absolute atomic E-state index is 0.0994. The van der Waals surface area contributed by atoms with E-state index in [-0.39, 0.29) is 6.73 Å². The van der Waals surface area contributed by atoms with Crippen molar-refractivity contribution in [1.29, 1.82) is 5.41 Å². The number of para-hydroxylation sites is 1. The molecular weight excluding hydrogens is 234 g/mol. The van der Waals surface area contributed by atoms with E-state index >= 15 is 0 Å². The fourth-order valence-electron chi connectivity index (χ4n) is 1.52. The second-order valence-electron chi connectivity index (χ2n) is 3.49. The van der Waals surface area contributed by atoms with E-state index in [1.807, 2.05) is 0 Å². The Hall–Kier alpha value is -1.92. The standard InChI is InChI=1S/C12H17N3O3/c1-18-12(17)10-4-2-3-9(7-13)11(10)15-6-5-14-8-16/h2-4,7,13-16H,5-6,8H2,1H3. The number of ether oxygens (including phenoxy) is 1. The zero-order valence-corrected chi connectivity index (χ0v) is 10.2. The van der Waals surface area contributed by atoms with Crippen molar-refractivity contribution < 1.29 is 14.6 Å². The van der Waals surface area contributed by atoms with Crippen LogP contribution in [0.15, 0.2) is 18.2 Å². The van der Waals surface area contributed by atoms with Gasteiger partial charge in [-0.25, -0.2) is 4.79 Å². The Bertz CT molecular complexity index is 421. The van der Waals surface area contributed by atoms with Gasteiger partial charge in [0.15, 0.2) is 0 Å². The largest absolute Gasteiger partial charge is 0.465 e. The molecule has 0 saturated heterocycles. The van der Waals surface area contributed by atoms with Crippen molar-refractivity contribution in [2.45, 2.75) is 0 Å². The highest BCUT2D eigenvalue weighted by atomic mass is 16.5. The highest BCUT2D eigenvalue weighted by molar-refractivity contribution is 6.01. The molecule has 1 aromatic carbocycles. The minimum atomic E-state index is -0.448. The van der Waals surface area contributed by atoms with E-state index in [0.29, 0.717) is 29.9 Å². The number of hydrogen-bond acceptors (Lipinski definition) is 6. The molecule has 18 heavy (non-hydrogen) atoms. The first-order valence-electron chi connectivity index (χ1n) is 5.51. The van der Waals surface area contributed by atoms with Crippen molar-refractivity contribution in [3.8, 4) is 0 Å². The Labute approximate surface area is 105 Å². The molecule has 6 heteroatoms. The molecule has 0 aliphatic carbocycles. The van der Waals surface area contributed by atoms with Gasteiger partial charge in [-0.15, -0.1) is 0 Å². The minimum Gasteiger partial charge on any atom is -0.465 e. The maximum Gasteiger partial charge on any atom is 0.339 e. The van der Waals surface area contributed by atoms with Crippen LogP contribution in [0.1, 0.15) is 15.9 Å². The van der Waals surface area contributed by atoms with Crippen LogP contribution in [0.2, 0.25) is 0 Å². The molecule has 0 saturated carbocycles. The molecule has 0 radical (unpaired) electrons. The third kappa shape index (κ3) is 3.54. The van der Waals surface area contributed by atoms with Gasteiger partial charge < -0.3 is 20.6 Å².